The van der Waals surface area contributed by atoms with Gasteiger partial charge in [-0.3, -0.25) is 0 Å². The Morgan fingerprint density at radius 3 is 2.73 bits per heavy atom. The summed E-state index contributed by atoms with van der Waals surface area (Å²) in [6, 6.07) is 8.21. The highest BCUT2D eigenvalue weighted by Crippen LogP contribution is 2.48. The molecule has 0 amide bonds. The van der Waals surface area contributed by atoms with Crippen LogP contribution >= 0.6 is 0 Å². The monoisotopic (exact) mass is 206 g/mol. The number of hydrogen-bond acceptors (Lipinski definition) is 3. The molecule has 0 heterocycles. The van der Waals surface area contributed by atoms with Gasteiger partial charge in [0.15, 0.2) is 0 Å². The number of nitrogens with one attached hydrogen (secondary N) is 1. The Hall–Kier alpha value is -1.06. The number of ether oxygens (including phenoxy) is 1. The standard InChI is InChI=1S/C12H18N2O/c1-15-11-5-3-2-4-10(11)12(6-7-12)14-9-8-13/h2-5,14H,6-9,13H2,1H3. The predicted octanol–water partition coefficient (Wildman–Crippen LogP) is 1.23. The summed E-state index contributed by atoms with van der Waals surface area (Å²) in [7, 11) is 1.72. The molecule has 0 aliphatic heterocycles. The van der Waals surface area contributed by atoms with Crippen LogP contribution in [0.15, 0.2) is 24.3 Å². The molecule has 3 nitrogen and oxygen atoms in total. The summed E-state index contributed by atoms with van der Waals surface area (Å²) in [6.07, 6.45) is 2.35. The fourth-order valence-electron chi connectivity index (χ4n) is 2.02. The Morgan fingerprint density at radius 1 is 1.40 bits per heavy atom. The number of hydrogen-bond donors (Lipinski definition) is 2. The molecule has 1 aromatic carbocycles. The second-order valence-electron chi connectivity index (χ2n) is 4.00. The third-order valence-electron chi connectivity index (χ3n) is 2.98. The lowest BCUT2D eigenvalue weighted by Crippen LogP contribution is -2.33. The van der Waals surface area contributed by atoms with Crippen molar-refractivity contribution in [1.29, 1.82) is 0 Å². The van der Waals surface area contributed by atoms with E-state index in [1.165, 1.54) is 18.4 Å². The Bertz CT molecular complexity index is 334. The van der Waals surface area contributed by atoms with Crippen molar-refractivity contribution in [2.75, 3.05) is 20.2 Å². The molecule has 0 unspecified atom stereocenters. The van der Waals surface area contributed by atoms with Gasteiger partial charge in [0.25, 0.3) is 0 Å². The molecule has 1 saturated carbocycles. The van der Waals surface area contributed by atoms with Crippen LogP contribution in [0.25, 0.3) is 0 Å². The van der Waals surface area contributed by atoms with Crippen molar-refractivity contribution in [2.45, 2.75) is 18.4 Å². The van der Waals surface area contributed by atoms with Gasteiger partial charge in [-0.25, -0.2) is 0 Å². The summed E-state index contributed by atoms with van der Waals surface area (Å²) < 4.78 is 5.38. The van der Waals surface area contributed by atoms with Crippen LogP contribution in [-0.2, 0) is 5.54 Å². The number of nitrogens with two attached hydrogens (primary N) is 1. The van der Waals surface area contributed by atoms with Crippen LogP contribution in [-0.4, -0.2) is 20.2 Å². The summed E-state index contributed by atoms with van der Waals surface area (Å²) in [5.41, 5.74) is 6.91. The molecule has 3 heteroatoms. The zero-order chi connectivity index (χ0) is 10.7. The Labute approximate surface area is 90.6 Å². The lowest BCUT2D eigenvalue weighted by Gasteiger charge is -2.20. The minimum atomic E-state index is 0.131. The average Bonchev–Trinajstić information content (AvgIpc) is 3.07. The first kappa shape index (κ1) is 10.5. The van der Waals surface area contributed by atoms with E-state index in [0.717, 1.165) is 12.3 Å². The van der Waals surface area contributed by atoms with Crippen molar-refractivity contribution >= 4 is 0 Å². The first-order chi connectivity index (χ1) is 7.32. The number of methoxy groups -OCH3 is 1. The normalized spacial score (nSPS) is 17.5. The second kappa shape index (κ2) is 4.21. The van der Waals surface area contributed by atoms with E-state index in [1.54, 1.807) is 7.11 Å². The molecule has 0 bridgehead atoms. The van der Waals surface area contributed by atoms with Crippen molar-refractivity contribution < 1.29 is 4.74 Å². The summed E-state index contributed by atoms with van der Waals surface area (Å²) in [6.45, 7) is 1.54. The maximum atomic E-state index is 5.52. The highest BCUT2D eigenvalue weighted by atomic mass is 16.5. The van der Waals surface area contributed by atoms with Gasteiger partial charge in [-0.1, -0.05) is 18.2 Å². The molecule has 0 radical (unpaired) electrons. The van der Waals surface area contributed by atoms with E-state index in [-0.39, 0.29) is 5.54 Å². The lowest BCUT2D eigenvalue weighted by molar-refractivity contribution is 0.396. The molecule has 0 spiro atoms. The molecule has 0 saturated heterocycles. The van der Waals surface area contributed by atoms with Gasteiger partial charge >= 0.3 is 0 Å². The Kier molecular flexibility index (Phi) is 2.93. The number of rotatable bonds is 5. The molecular formula is C12H18N2O. The maximum Gasteiger partial charge on any atom is 0.123 e. The van der Waals surface area contributed by atoms with E-state index in [1.807, 2.05) is 12.1 Å². The summed E-state index contributed by atoms with van der Waals surface area (Å²) >= 11 is 0. The average molecular weight is 206 g/mol. The number of para-hydroxylation sites is 1. The van der Waals surface area contributed by atoms with Gasteiger partial charge in [0, 0.05) is 24.2 Å². The van der Waals surface area contributed by atoms with Gasteiger partial charge in [0.05, 0.1) is 7.11 Å². The van der Waals surface area contributed by atoms with Crippen molar-refractivity contribution in [3.8, 4) is 5.75 Å². The molecule has 82 valence electrons. The Morgan fingerprint density at radius 2 is 2.13 bits per heavy atom. The van der Waals surface area contributed by atoms with Crippen LogP contribution in [0.4, 0.5) is 0 Å². The van der Waals surface area contributed by atoms with Gasteiger partial charge in [-0.15, -0.1) is 0 Å². The molecule has 3 N–H and O–H groups in total. The molecule has 0 aromatic heterocycles. The largest absolute Gasteiger partial charge is 0.496 e. The van der Waals surface area contributed by atoms with Crippen molar-refractivity contribution in [1.82, 2.24) is 5.32 Å². The predicted molar refractivity (Wildman–Crippen MR) is 61.0 cm³/mol. The van der Waals surface area contributed by atoms with Crippen LogP contribution < -0.4 is 15.8 Å². The van der Waals surface area contributed by atoms with Gasteiger partial charge in [0.1, 0.15) is 5.75 Å². The molecule has 15 heavy (non-hydrogen) atoms. The summed E-state index contributed by atoms with van der Waals surface area (Å²) in [5.74, 6) is 0.972. The number of benzene rings is 1. The molecule has 1 fully saturated rings. The topological polar surface area (TPSA) is 47.3 Å². The van der Waals surface area contributed by atoms with E-state index in [2.05, 4.69) is 17.4 Å². The SMILES string of the molecule is COc1ccccc1C1(NCCN)CC1. The van der Waals surface area contributed by atoms with Crippen molar-refractivity contribution in [2.24, 2.45) is 5.73 Å². The van der Waals surface area contributed by atoms with Gasteiger partial charge in [-0.2, -0.15) is 0 Å². The second-order valence-corrected chi connectivity index (χ2v) is 4.00. The third kappa shape index (κ3) is 1.98. The quantitative estimate of drug-likeness (QED) is 0.762. The van der Waals surface area contributed by atoms with E-state index in [0.29, 0.717) is 6.54 Å². The van der Waals surface area contributed by atoms with E-state index in [9.17, 15) is 0 Å². The first-order valence-electron chi connectivity index (χ1n) is 5.41. The Balaban J connectivity index is 2.21. The van der Waals surface area contributed by atoms with Gasteiger partial charge in [0.2, 0.25) is 0 Å². The highest BCUT2D eigenvalue weighted by Gasteiger charge is 2.45. The van der Waals surface area contributed by atoms with E-state index in [4.69, 9.17) is 10.5 Å². The van der Waals surface area contributed by atoms with Crippen molar-refractivity contribution in [3.63, 3.8) is 0 Å². The molecule has 1 aromatic rings. The smallest absolute Gasteiger partial charge is 0.123 e. The molecule has 1 aliphatic carbocycles. The molecule has 0 atom stereocenters. The van der Waals surface area contributed by atoms with Crippen molar-refractivity contribution in [3.05, 3.63) is 29.8 Å². The molecular weight excluding hydrogens is 188 g/mol. The minimum absolute atomic E-state index is 0.131. The molecule has 2 rings (SSSR count). The minimum Gasteiger partial charge on any atom is -0.496 e. The zero-order valence-electron chi connectivity index (χ0n) is 9.12. The fourth-order valence-corrected chi connectivity index (χ4v) is 2.02. The van der Waals surface area contributed by atoms with Crippen LogP contribution in [0.5, 0.6) is 5.75 Å². The fraction of sp³-hybridized carbons (Fsp3) is 0.500. The van der Waals surface area contributed by atoms with Crippen LogP contribution in [0, 0.1) is 0 Å². The van der Waals surface area contributed by atoms with Crippen LogP contribution in [0.1, 0.15) is 18.4 Å². The van der Waals surface area contributed by atoms with Gasteiger partial charge < -0.3 is 15.8 Å². The maximum absolute atomic E-state index is 5.52. The van der Waals surface area contributed by atoms with Crippen LogP contribution in [0.3, 0.4) is 0 Å². The van der Waals surface area contributed by atoms with E-state index < -0.39 is 0 Å². The van der Waals surface area contributed by atoms with Gasteiger partial charge in [-0.05, 0) is 18.9 Å². The van der Waals surface area contributed by atoms with E-state index >= 15 is 0 Å². The summed E-state index contributed by atoms with van der Waals surface area (Å²) in [5, 5.41) is 3.51. The van der Waals surface area contributed by atoms with Crippen LogP contribution in [0.2, 0.25) is 0 Å². The molecule has 1 aliphatic rings. The summed E-state index contributed by atoms with van der Waals surface area (Å²) in [4.78, 5) is 0. The first-order valence-corrected chi connectivity index (χ1v) is 5.41. The zero-order valence-corrected chi connectivity index (χ0v) is 9.12. The third-order valence-corrected chi connectivity index (χ3v) is 2.98. The highest BCUT2D eigenvalue weighted by molar-refractivity contribution is 5.42. The lowest BCUT2D eigenvalue weighted by atomic mass is 10.0.